The maximum atomic E-state index is 13.0. The Hall–Kier alpha value is -4.06. The highest BCUT2D eigenvalue weighted by Gasteiger charge is 2.30. The molecule has 0 saturated heterocycles. The van der Waals surface area contributed by atoms with Crippen molar-refractivity contribution in [2.24, 2.45) is 0 Å². The smallest absolute Gasteiger partial charge is 0.254 e. The number of nitrogens with one attached hydrogen (secondary N) is 1. The number of carbonyl (C=O) groups excluding carboxylic acids is 1. The summed E-state index contributed by atoms with van der Waals surface area (Å²) in [5, 5.41) is 0. The van der Waals surface area contributed by atoms with E-state index in [4.69, 9.17) is 9.47 Å². The van der Waals surface area contributed by atoms with Crippen LogP contribution >= 0.6 is 0 Å². The van der Waals surface area contributed by atoms with Gasteiger partial charge >= 0.3 is 0 Å². The van der Waals surface area contributed by atoms with E-state index in [-0.39, 0.29) is 5.91 Å². The Kier molecular flexibility index (Phi) is 5.06. The zero-order valence-electron chi connectivity index (χ0n) is 19.0. The molecule has 1 amide bonds. The van der Waals surface area contributed by atoms with Crippen LogP contribution < -0.4 is 9.47 Å². The molecule has 4 aromatic rings. The van der Waals surface area contributed by atoms with Gasteiger partial charge in [-0.25, -0.2) is 4.98 Å². The summed E-state index contributed by atoms with van der Waals surface area (Å²) in [4.78, 5) is 22.6. The quantitative estimate of drug-likeness (QED) is 0.426. The van der Waals surface area contributed by atoms with Gasteiger partial charge in [-0.15, -0.1) is 0 Å². The molecule has 170 valence electrons. The van der Waals surface area contributed by atoms with Crippen LogP contribution in [-0.4, -0.2) is 40.5 Å². The van der Waals surface area contributed by atoms with Crippen molar-refractivity contribution in [2.45, 2.75) is 25.6 Å². The lowest BCUT2D eigenvalue weighted by molar-refractivity contribution is -0.122. The molecule has 2 aliphatic rings. The van der Waals surface area contributed by atoms with Gasteiger partial charge in [0.15, 0.2) is 0 Å². The highest BCUT2D eigenvalue weighted by molar-refractivity contribution is 6.30. The predicted octanol–water partition coefficient (Wildman–Crippen LogP) is 5.07. The van der Waals surface area contributed by atoms with E-state index in [2.05, 4.69) is 9.97 Å². The minimum Gasteiger partial charge on any atom is -0.490 e. The van der Waals surface area contributed by atoms with Crippen molar-refractivity contribution in [3.8, 4) is 11.5 Å². The molecule has 1 aromatic heterocycles. The first-order chi connectivity index (χ1) is 16.6. The van der Waals surface area contributed by atoms with Gasteiger partial charge in [-0.05, 0) is 65.9 Å². The molecule has 34 heavy (non-hydrogen) atoms. The lowest BCUT2D eigenvalue weighted by atomic mass is 9.96. The summed E-state index contributed by atoms with van der Waals surface area (Å²) in [6.07, 6.45) is 2.63. The van der Waals surface area contributed by atoms with Crippen molar-refractivity contribution in [1.29, 1.82) is 0 Å². The Labute approximate surface area is 197 Å². The molecule has 0 spiro atoms. The molecule has 1 saturated carbocycles. The highest BCUT2D eigenvalue weighted by atomic mass is 16.5. The summed E-state index contributed by atoms with van der Waals surface area (Å²) >= 11 is 0. The minimum atomic E-state index is 0.0317. The second-order valence-electron chi connectivity index (χ2n) is 8.87. The molecular weight excluding hydrogens is 426 g/mol. The SMILES string of the molecule is CN1CC(c2ccc(OC3CC3)cc2)=C(c2ccc(OCc3nc4ccccc4[nH]3)cc2)C1=O. The van der Waals surface area contributed by atoms with Crippen molar-refractivity contribution in [2.75, 3.05) is 13.6 Å². The third-order valence-corrected chi connectivity index (χ3v) is 6.24. The minimum absolute atomic E-state index is 0.0317. The molecule has 3 aromatic carbocycles. The van der Waals surface area contributed by atoms with Crippen LogP contribution in [0.2, 0.25) is 0 Å². The summed E-state index contributed by atoms with van der Waals surface area (Å²) in [5.41, 5.74) is 5.61. The maximum Gasteiger partial charge on any atom is 0.254 e. The third-order valence-electron chi connectivity index (χ3n) is 6.24. The maximum absolute atomic E-state index is 13.0. The second-order valence-corrected chi connectivity index (χ2v) is 8.87. The van der Waals surface area contributed by atoms with Gasteiger partial charge < -0.3 is 19.4 Å². The number of likely N-dealkylation sites (N-methyl/N-ethyl adjacent to an activating group) is 1. The van der Waals surface area contributed by atoms with E-state index in [1.807, 2.05) is 79.8 Å². The van der Waals surface area contributed by atoms with E-state index in [1.54, 1.807) is 4.90 Å². The van der Waals surface area contributed by atoms with Crippen molar-refractivity contribution in [3.05, 3.63) is 89.7 Å². The average Bonchev–Trinajstić information content (AvgIpc) is 3.49. The zero-order valence-corrected chi connectivity index (χ0v) is 19.0. The number of hydrogen-bond acceptors (Lipinski definition) is 4. The van der Waals surface area contributed by atoms with E-state index < -0.39 is 0 Å². The summed E-state index contributed by atoms with van der Waals surface area (Å²) in [7, 11) is 1.84. The number of nitrogens with zero attached hydrogens (tertiary/aromatic N) is 2. The average molecular weight is 452 g/mol. The first kappa shape index (κ1) is 20.5. The molecule has 2 heterocycles. The number of fused-ring (bicyclic) bond motifs is 1. The van der Waals surface area contributed by atoms with Gasteiger partial charge in [0, 0.05) is 13.6 Å². The summed E-state index contributed by atoms with van der Waals surface area (Å²) in [6.45, 7) is 0.931. The van der Waals surface area contributed by atoms with Crippen LogP contribution in [0.4, 0.5) is 0 Å². The molecule has 0 radical (unpaired) electrons. The van der Waals surface area contributed by atoms with Crippen LogP contribution in [-0.2, 0) is 11.4 Å². The first-order valence-corrected chi connectivity index (χ1v) is 11.6. The molecule has 6 nitrogen and oxygen atoms in total. The van der Waals surface area contributed by atoms with Gasteiger partial charge in [0.2, 0.25) is 0 Å². The van der Waals surface area contributed by atoms with E-state index in [0.29, 0.717) is 19.3 Å². The zero-order chi connectivity index (χ0) is 23.1. The van der Waals surface area contributed by atoms with E-state index >= 15 is 0 Å². The number of aromatic amines is 1. The number of H-pyrrole nitrogens is 1. The monoisotopic (exact) mass is 451 g/mol. The Morgan fingerprint density at radius 1 is 0.941 bits per heavy atom. The number of benzene rings is 3. The fourth-order valence-electron chi connectivity index (χ4n) is 4.30. The van der Waals surface area contributed by atoms with Crippen LogP contribution in [0.15, 0.2) is 72.8 Å². The summed E-state index contributed by atoms with van der Waals surface area (Å²) in [6, 6.07) is 23.7. The fraction of sp³-hybridized carbons (Fsp3) is 0.214. The molecule has 1 aliphatic heterocycles. The van der Waals surface area contributed by atoms with Crippen molar-refractivity contribution in [3.63, 3.8) is 0 Å². The lowest BCUT2D eigenvalue weighted by Crippen LogP contribution is -2.21. The van der Waals surface area contributed by atoms with Crippen molar-refractivity contribution in [1.82, 2.24) is 14.9 Å². The normalized spacial score (nSPS) is 15.9. The molecule has 0 unspecified atom stereocenters. The van der Waals surface area contributed by atoms with Crippen molar-refractivity contribution >= 4 is 28.1 Å². The highest BCUT2D eigenvalue weighted by Crippen LogP contribution is 2.35. The van der Waals surface area contributed by atoms with Crippen LogP contribution in [0, 0.1) is 0 Å². The molecule has 0 atom stereocenters. The van der Waals surface area contributed by atoms with E-state index in [9.17, 15) is 4.79 Å². The van der Waals surface area contributed by atoms with Gasteiger partial charge in [0.05, 0.1) is 22.7 Å². The fourth-order valence-corrected chi connectivity index (χ4v) is 4.30. The molecule has 1 N–H and O–H groups in total. The van der Waals surface area contributed by atoms with E-state index in [1.165, 1.54) is 0 Å². The van der Waals surface area contributed by atoms with Crippen LogP contribution in [0.3, 0.4) is 0 Å². The number of carbonyl (C=O) groups is 1. The van der Waals surface area contributed by atoms with Gasteiger partial charge in [-0.3, -0.25) is 4.79 Å². The molecule has 0 bridgehead atoms. The van der Waals surface area contributed by atoms with Crippen molar-refractivity contribution < 1.29 is 14.3 Å². The van der Waals surface area contributed by atoms with Crippen LogP contribution in [0.1, 0.15) is 29.8 Å². The van der Waals surface area contributed by atoms with Gasteiger partial charge in [0.25, 0.3) is 5.91 Å². The van der Waals surface area contributed by atoms with Crippen LogP contribution in [0.5, 0.6) is 11.5 Å². The van der Waals surface area contributed by atoms with Gasteiger partial charge in [-0.1, -0.05) is 36.4 Å². The molecule has 1 fully saturated rings. The number of hydrogen-bond donors (Lipinski definition) is 1. The number of rotatable bonds is 7. The number of amides is 1. The topological polar surface area (TPSA) is 67.5 Å². The largest absolute Gasteiger partial charge is 0.490 e. The van der Waals surface area contributed by atoms with E-state index in [0.717, 1.165) is 63.5 Å². The number of ether oxygens (including phenoxy) is 2. The predicted molar refractivity (Wildman–Crippen MR) is 131 cm³/mol. The van der Waals surface area contributed by atoms with Gasteiger partial charge in [0.1, 0.15) is 23.9 Å². The Balaban J connectivity index is 1.21. The molecule has 1 aliphatic carbocycles. The third kappa shape index (κ3) is 4.03. The number of para-hydroxylation sites is 2. The Bertz CT molecular complexity index is 1350. The number of aromatic nitrogens is 2. The standard InChI is InChI=1S/C28H25N3O3/c1-31-16-23(18-6-12-21(13-7-18)34-22-14-15-22)27(28(31)32)19-8-10-20(11-9-19)33-17-26-29-24-4-2-3-5-25(24)30-26/h2-13,22H,14-17H2,1H3,(H,29,30). The summed E-state index contributed by atoms with van der Waals surface area (Å²) < 4.78 is 11.8. The van der Waals surface area contributed by atoms with Crippen LogP contribution in [0.25, 0.3) is 22.2 Å². The molecule has 6 rings (SSSR count). The molecule has 6 heteroatoms. The summed E-state index contributed by atoms with van der Waals surface area (Å²) in [5.74, 6) is 2.42. The second kappa shape index (κ2) is 8.37. The Morgan fingerprint density at radius 3 is 2.38 bits per heavy atom. The Morgan fingerprint density at radius 2 is 1.65 bits per heavy atom. The number of imidazole rings is 1. The lowest BCUT2D eigenvalue weighted by Gasteiger charge is -2.09. The van der Waals surface area contributed by atoms with Gasteiger partial charge in [-0.2, -0.15) is 0 Å². The molecular formula is C28H25N3O3. The first-order valence-electron chi connectivity index (χ1n) is 11.6.